The molecule has 71 heavy (non-hydrogen) atoms. The molecule has 2 saturated heterocycles. The Morgan fingerprint density at radius 3 is 1.82 bits per heavy atom. The number of nitrogens with zero attached hydrogens (tertiary/aromatic N) is 5. The molecule has 2 aliphatic rings. The third-order valence-corrected chi connectivity index (χ3v) is 18.0. The third-order valence-electron chi connectivity index (χ3n) is 13.5. The summed E-state index contributed by atoms with van der Waals surface area (Å²) in [7, 11) is 0.976. The lowest BCUT2D eigenvalue weighted by Crippen LogP contribution is -2.50. The van der Waals surface area contributed by atoms with Gasteiger partial charge >= 0.3 is 6.09 Å². The van der Waals surface area contributed by atoms with E-state index >= 15 is 4.79 Å². The van der Waals surface area contributed by atoms with E-state index in [1.54, 1.807) is 19.1 Å². The Labute approximate surface area is 420 Å². The molecule has 8 rings (SSSR count). The van der Waals surface area contributed by atoms with E-state index in [0.717, 1.165) is 33.8 Å². The summed E-state index contributed by atoms with van der Waals surface area (Å²) in [5.74, 6) is 1.29. The van der Waals surface area contributed by atoms with Crippen LogP contribution in [0.4, 0.5) is 10.7 Å². The zero-order chi connectivity index (χ0) is 50.7. The lowest BCUT2D eigenvalue weighted by Gasteiger charge is -2.40. The highest BCUT2D eigenvalue weighted by Crippen LogP contribution is 2.51. The number of ether oxygens (including phenoxy) is 7. The van der Waals surface area contributed by atoms with Crippen molar-refractivity contribution < 1.29 is 42.4 Å². The zero-order valence-corrected chi connectivity index (χ0v) is 44.4. The number of carbonyl (C=O) groups excluding carboxylic acids is 1. The van der Waals surface area contributed by atoms with Crippen LogP contribution in [0, 0.1) is 0 Å². The molecule has 0 spiro atoms. The van der Waals surface area contributed by atoms with Crippen molar-refractivity contribution in [3.8, 4) is 17.4 Å². The number of amides is 1. The van der Waals surface area contributed by atoms with Crippen LogP contribution in [0.15, 0.2) is 115 Å². The third kappa shape index (κ3) is 12.0. The van der Waals surface area contributed by atoms with Crippen molar-refractivity contribution in [2.45, 2.75) is 142 Å². The van der Waals surface area contributed by atoms with Crippen molar-refractivity contribution >= 4 is 31.4 Å². The molecule has 378 valence electrons. The van der Waals surface area contributed by atoms with Gasteiger partial charge in [0.05, 0.1) is 39.5 Å². The topological polar surface area (TPSA) is 128 Å². The molecule has 4 heterocycles. The number of hydrogen-bond donors (Lipinski definition) is 0. The van der Waals surface area contributed by atoms with E-state index in [-0.39, 0.29) is 25.0 Å². The number of rotatable bonds is 18. The number of likely N-dealkylation sites (tertiary alicyclic amines) is 1. The van der Waals surface area contributed by atoms with Crippen molar-refractivity contribution in [3.63, 3.8) is 0 Å². The first-order valence-corrected chi connectivity index (χ1v) is 27.3. The Bertz CT molecular complexity index is 2670. The Kier molecular flexibility index (Phi) is 15.2. The summed E-state index contributed by atoms with van der Waals surface area (Å²) < 4.78 is 53.5. The summed E-state index contributed by atoms with van der Waals surface area (Å²) in [6.45, 7) is 22.3. The van der Waals surface area contributed by atoms with Gasteiger partial charge in [-0.1, -0.05) is 106 Å². The van der Waals surface area contributed by atoms with E-state index in [2.05, 4.69) is 38.8 Å². The molecule has 0 bridgehead atoms. The molecule has 4 aromatic carbocycles. The maximum Gasteiger partial charge on any atom is 0.411 e. The standard InChI is InChI=1S/C56H71N5O9Si/c1-54(2,3)70-53(62)61-45(36-67-71(11,12)55(4,5)6)49-50(69-56(7,8)68-49)47(61)44-33-60(37-65-34-40-19-15-13-16-20-40)48-46(44)57-52(58-51(48)66-35-41-21-17-14-18-22-41)59(31-38-23-27-42(63-9)28-24-38)32-39-25-29-43(64-10)30-26-39/h13-30,33,45,47,49-50H,31-32,34-37H2,1-12H3/t45-,47+,49-,50+/m1/s1. The Balaban J connectivity index is 1.34. The number of aromatic nitrogens is 3. The van der Waals surface area contributed by atoms with Crippen molar-refractivity contribution in [2.75, 3.05) is 25.7 Å². The van der Waals surface area contributed by atoms with Gasteiger partial charge < -0.3 is 47.1 Å². The van der Waals surface area contributed by atoms with Gasteiger partial charge in [0, 0.05) is 24.8 Å². The van der Waals surface area contributed by atoms with Crippen molar-refractivity contribution in [1.29, 1.82) is 0 Å². The van der Waals surface area contributed by atoms with Crippen LogP contribution >= 0.6 is 0 Å². The second-order valence-electron chi connectivity index (χ2n) is 21.4. The number of benzene rings is 4. The summed E-state index contributed by atoms with van der Waals surface area (Å²) in [4.78, 5) is 29.9. The second-order valence-corrected chi connectivity index (χ2v) is 26.2. The molecule has 0 saturated carbocycles. The van der Waals surface area contributed by atoms with Gasteiger partial charge in [-0.15, -0.1) is 0 Å². The molecule has 6 aromatic rings. The number of carbonyl (C=O) groups is 1. The highest BCUT2D eigenvalue weighted by molar-refractivity contribution is 6.74. The SMILES string of the molecule is COc1ccc(CN(Cc2ccc(OC)cc2)c2nc(OCc3ccccc3)c3c(n2)c([C@H]2[C@@H]4OC(C)(C)O[C@@H]4[C@@H](CO[Si](C)(C)C(C)(C)C)N2C(=O)OC(C)(C)C)cn3COCc2ccccc2)cc1. The normalized spacial score (nSPS) is 18.9. The fraction of sp³-hybridized carbons (Fsp3) is 0.446. The van der Waals surface area contributed by atoms with Crippen LogP contribution in [0.1, 0.15) is 89.2 Å². The van der Waals surface area contributed by atoms with E-state index < -0.39 is 50.1 Å². The molecule has 15 heteroatoms. The van der Waals surface area contributed by atoms with Crippen LogP contribution in [0.3, 0.4) is 0 Å². The monoisotopic (exact) mass is 986 g/mol. The maximum absolute atomic E-state index is 15.1. The van der Waals surface area contributed by atoms with Gasteiger partial charge in [0.25, 0.3) is 0 Å². The molecule has 0 unspecified atom stereocenters. The quantitative estimate of drug-likeness (QED) is 0.0760. The predicted molar refractivity (Wildman–Crippen MR) is 277 cm³/mol. The highest BCUT2D eigenvalue weighted by Gasteiger charge is 2.61. The molecule has 14 nitrogen and oxygen atoms in total. The number of anilines is 1. The first-order chi connectivity index (χ1) is 33.7. The largest absolute Gasteiger partial charge is 0.497 e. The molecule has 2 aliphatic heterocycles. The average molecular weight is 986 g/mol. The van der Waals surface area contributed by atoms with E-state index in [4.69, 9.17) is 47.6 Å². The van der Waals surface area contributed by atoms with Crippen LogP contribution in [-0.4, -0.2) is 84.3 Å². The molecular formula is C56H71N5O9Si. The Morgan fingerprint density at radius 2 is 1.28 bits per heavy atom. The van der Waals surface area contributed by atoms with Crippen molar-refractivity contribution in [3.05, 3.63) is 143 Å². The number of fused-ring (bicyclic) bond motifs is 2. The fourth-order valence-corrected chi connectivity index (χ4v) is 9.88. The van der Waals surface area contributed by atoms with E-state index in [0.29, 0.717) is 48.1 Å². The van der Waals surface area contributed by atoms with Crippen LogP contribution in [0.25, 0.3) is 11.0 Å². The van der Waals surface area contributed by atoms with Gasteiger partial charge in [-0.25, -0.2) is 9.78 Å². The molecule has 2 fully saturated rings. The first-order valence-electron chi connectivity index (χ1n) is 24.4. The summed E-state index contributed by atoms with van der Waals surface area (Å²) in [6, 6.07) is 34.7. The highest BCUT2D eigenvalue weighted by atomic mass is 28.4. The molecule has 1 amide bonds. The summed E-state index contributed by atoms with van der Waals surface area (Å²) in [6.07, 6.45) is 0.280. The molecule has 2 aromatic heterocycles. The van der Waals surface area contributed by atoms with Gasteiger partial charge in [-0.05, 0) is 99.3 Å². The molecule has 0 N–H and O–H groups in total. The van der Waals surface area contributed by atoms with E-state index in [9.17, 15) is 0 Å². The number of methoxy groups -OCH3 is 2. The van der Waals surface area contributed by atoms with Crippen molar-refractivity contribution in [1.82, 2.24) is 19.4 Å². The van der Waals surface area contributed by atoms with Gasteiger partial charge in [0.1, 0.15) is 53.7 Å². The summed E-state index contributed by atoms with van der Waals surface area (Å²) in [5.41, 5.74) is 5.05. The van der Waals surface area contributed by atoms with E-state index in [1.807, 2.05) is 155 Å². The molecule has 4 atom stereocenters. The van der Waals surface area contributed by atoms with Crippen molar-refractivity contribution in [2.24, 2.45) is 0 Å². The molecule has 0 aliphatic carbocycles. The predicted octanol–water partition coefficient (Wildman–Crippen LogP) is 11.6. The van der Waals surface area contributed by atoms with Crippen LogP contribution in [0.5, 0.6) is 17.4 Å². The number of hydrogen-bond acceptors (Lipinski definition) is 12. The fourth-order valence-electron chi connectivity index (χ4n) is 8.86. The van der Waals surface area contributed by atoms with Crippen LogP contribution in [-0.2, 0) is 56.4 Å². The lowest BCUT2D eigenvalue weighted by atomic mass is 10.0. The minimum atomic E-state index is -2.34. The minimum Gasteiger partial charge on any atom is -0.497 e. The average Bonchev–Trinajstić information content (AvgIpc) is 3.95. The maximum atomic E-state index is 15.1. The van der Waals surface area contributed by atoms with Gasteiger partial charge in [0.15, 0.2) is 14.1 Å². The Morgan fingerprint density at radius 1 is 0.732 bits per heavy atom. The smallest absolute Gasteiger partial charge is 0.411 e. The van der Waals surface area contributed by atoms with Gasteiger partial charge in [0.2, 0.25) is 11.8 Å². The lowest BCUT2D eigenvalue weighted by molar-refractivity contribution is -0.168. The first kappa shape index (κ1) is 51.4. The van der Waals surface area contributed by atoms with Gasteiger partial charge in [-0.3, -0.25) is 4.90 Å². The Hall–Kier alpha value is -5.97. The zero-order valence-electron chi connectivity index (χ0n) is 43.4. The molecule has 0 radical (unpaired) electrons. The van der Waals surface area contributed by atoms with E-state index in [1.165, 1.54) is 0 Å². The van der Waals surface area contributed by atoms with Crippen LogP contribution < -0.4 is 19.1 Å². The molecular weight excluding hydrogens is 915 g/mol. The summed E-state index contributed by atoms with van der Waals surface area (Å²) in [5, 5.41) is -0.0897. The summed E-state index contributed by atoms with van der Waals surface area (Å²) >= 11 is 0. The van der Waals surface area contributed by atoms with Crippen LogP contribution in [0.2, 0.25) is 18.1 Å². The van der Waals surface area contributed by atoms with Gasteiger partial charge in [-0.2, -0.15) is 4.98 Å². The minimum absolute atomic E-state index is 0.0897. The second kappa shape index (κ2) is 21.0.